The number of carbonyl (C=O) groups is 1. The molecule has 74 valence electrons. The first kappa shape index (κ1) is 9.33. The number of pyridine rings is 2. The molecule has 0 unspecified atom stereocenters. The van der Waals surface area contributed by atoms with E-state index in [1.54, 1.807) is 24.5 Å². The molecular formula is C11H9N3O. The number of hydrogen-bond donors (Lipinski definition) is 1. The molecule has 0 radical (unpaired) electrons. The van der Waals surface area contributed by atoms with Crippen molar-refractivity contribution in [3.8, 4) is 11.3 Å². The topological polar surface area (TPSA) is 68.9 Å². The van der Waals surface area contributed by atoms with Crippen LogP contribution in [0.15, 0.2) is 42.7 Å². The maximum atomic E-state index is 10.9. The van der Waals surface area contributed by atoms with Crippen molar-refractivity contribution in [3.05, 3.63) is 48.4 Å². The van der Waals surface area contributed by atoms with Gasteiger partial charge in [-0.25, -0.2) is 4.98 Å². The summed E-state index contributed by atoms with van der Waals surface area (Å²) in [6.45, 7) is 0. The molecule has 0 aliphatic rings. The molecule has 4 nitrogen and oxygen atoms in total. The van der Waals surface area contributed by atoms with E-state index in [1.807, 2.05) is 18.2 Å². The minimum Gasteiger partial charge on any atom is -0.364 e. The molecule has 0 atom stereocenters. The summed E-state index contributed by atoms with van der Waals surface area (Å²) < 4.78 is 0. The first-order valence-corrected chi connectivity index (χ1v) is 4.44. The van der Waals surface area contributed by atoms with E-state index in [2.05, 4.69) is 9.97 Å². The Morgan fingerprint density at radius 2 is 2.07 bits per heavy atom. The lowest BCUT2D eigenvalue weighted by Crippen LogP contribution is -2.12. The molecule has 0 bridgehead atoms. The van der Waals surface area contributed by atoms with E-state index >= 15 is 0 Å². The highest BCUT2D eigenvalue weighted by Crippen LogP contribution is 2.14. The summed E-state index contributed by atoms with van der Waals surface area (Å²) >= 11 is 0. The maximum absolute atomic E-state index is 10.9. The van der Waals surface area contributed by atoms with E-state index in [-0.39, 0.29) is 5.69 Å². The van der Waals surface area contributed by atoms with E-state index in [4.69, 9.17) is 5.73 Å². The monoisotopic (exact) mass is 199 g/mol. The standard InChI is InChI=1S/C11H9N3O/c12-11(15)10-5-1-4-9(14-10)8-3-2-6-13-7-8/h1-7H,(H2,12,15). The Morgan fingerprint density at radius 3 is 2.73 bits per heavy atom. The summed E-state index contributed by atoms with van der Waals surface area (Å²) in [4.78, 5) is 19.0. The summed E-state index contributed by atoms with van der Waals surface area (Å²) in [7, 11) is 0. The van der Waals surface area contributed by atoms with Crippen molar-refractivity contribution < 1.29 is 4.79 Å². The molecular weight excluding hydrogens is 190 g/mol. The van der Waals surface area contributed by atoms with Crippen LogP contribution in [0.2, 0.25) is 0 Å². The molecule has 2 aromatic rings. The van der Waals surface area contributed by atoms with Crippen LogP contribution in [0.1, 0.15) is 10.5 Å². The van der Waals surface area contributed by atoms with Gasteiger partial charge in [0.15, 0.2) is 0 Å². The van der Waals surface area contributed by atoms with E-state index < -0.39 is 5.91 Å². The Kier molecular flexibility index (Phi) is 2.41. The largest absolute Gasteiger partial charge is 0.364 e. The lowest BCUT2D eigenvalue weighted by Gasteiger charge is -2.01. The van der Waals surface area contributed by atoms with Gasteiger partial charge in [0.05, 0.1) is 5.69 Å². The third-order valence-electron chi connectivity index (χ3n) is 1.96. The highest BCUT2D eigenvalue weighted by atomic mass is 16.1. The van der Waals surface area contributed by atoms with Crippen molar-refractivity contribution in [2.24, 2.45) is 5.73 Å². The minimum atomic E-state index is -0.527. The number of nitrogens with two attached hydrogens (primary N) is 1. The number of carbonyl (C=O) groups excluding carboxylic acids is 1. The van der Waals surface area contributed by atoms with Gasteiger partial charge in [0.25, 0.3) is 5.91 Å². The van der Waals surface area contributed by atoms with Crippen LogP contribution in [0.5, 0.6) is 0 Å². The van der Waals surface area contributed by atoms with Gasteiger partial charge in [0.2, 0.25) is 0 Å². The molecule has 4 heteroatoms. The number of primary amides is 1. The molecule has 0 aliphatic heterocycles. The van der Waals surface area contributed by atoms with Gasteiger partial charge < -0.3 is 5.73 Å². The Hall–Kier alpha value is -2.23. The van der Waals surface area contributed by atoms with Crippen LogP contribution < -0.4 is 5.73 Å². The average molecular weight is 199 g/mol. The zero-order valence-electron chi connectivity index (χ0n) is 7.92. The quantitative estimate of drug-likeness (QED) is 0.791. The first-order valence-electron chi connectivity index (χ1n) is 4.44. The third kappa shape index (κ3) is 1.99. The van der Waals surface area contributed by atoms with E-state index in [0.717, 1.165) is 5.56 Å². The van der Waals surface area contributed by atoms with Crippen LogP contribution >= 0.6 is 0 Å². The normalized spacial score (nSPS) is 9.87. The number of amides is 1. The number of hydrogen-bond acceptors (Lipinski definition) is 3. The lowest BCUT2D eigenvalue weighted by atomic mass is 10.2. The van der Waals surface area contributed by atoms with E-state index in [9.17, 15) is 4.79 Å². The minimum absolute atomic E-state index is 0.261. The predicted octanol–water partition coefficient (Wildman–Crippen LogP) is 1.24. The van der Waals surface area contributed by atoms with Crippen molar-refractivity contribution in [3.63, 3.8) is 0 Å². The highest BCUT2D eigenvalue weighted by molar-refractivity contribution is 5.91. The summed E-state index contributed by atoms with van der Waals surface area (Å²) in [5, 5.41) is 0. The second-order valence-electron chi connectivity index (χ2n) is 3.01. The van der Waals surface area contributed by atoms with Crippen LogP contribution in [0.4, 0.5) is 0 Å². The average Bonchev–Trinajstić information content (AvgIpc) is 2.30. The molecule has 2 aromatic heterocycles. The Balaban J connectivity index is 2.46. The maximum Gasteiger partial charge on any atom is 0.267 e. The predicted molar refractivity (Wildman–Crippen MR) is 56.0 cm³/mol. The van der Waals surface area contributed by atoms with Crippen molar-refractivity contribution in [2.45, 2.75) is 0 Å². The fraction of sp³-hybridized carbons (Fsp3) is 0. The van der Waals surface area contributed by atoms with Gasteiger partial charge in [0, 0.05) is 18.0 Å². The van der Waals surface area contributed by atoms with Crippen LogP contribution in [-0.2, 0) is 0 Å². The number of nitrogens with zero attached hydrogens (tertiary/aromatic N) is 2. The Morgan fingerprint density at radius 1 is 1.20 bits per heavy atom. The van der Waals surface area contributed by atoms with Gasteiger partial charge in [-0.05, 0) is 24.3 Å². The zero-order valence-corrected chi connectivity index (χ0v) is 7.92. The summed E-state index contributed by atoms with van der Waals surface area (Å²) in [5.74, 6) is -0.527. The summed E-state index contributed by atoms with van der Waals surface area (Å²) in [6, 6.07) is 8.83. The fourth-order valence-corrected chi connectivity index (χ4v) is 1.25. The molecule has 2 rings (SSSR count). The van der Waals surface area contributed by atoms with E-state index in [0.29, 0.717) is 5.69 Å². The van der Waals surface area contributed by atoms with Crippen LogP contribution in [0.3, 0.4) is 0 Å². The van der Waals surface area contributed by atoms with Gasteiger partial charge in [0.1, 0.15) is 5.69 Å². The van der Waals surface area contributed by atoms with Gasteiger partial charge in [-0.1, -0.05) is 6.07 Å². The van der Waals surface area contributed by atoms with Crippen LogP contribution in [0.25, 0.3) is 11.3 Å². The zero-order chi connectivity index (χ0) is 10.7. The molecule has 0 fully saturated rings. The number of aromatic nitrogens is 2. The fourth-order valence-electron chi connectivity index (χ4n) is 1.25. The molecule has 15 heavy (non-hydrogen) atoms. The number of rotatable bonds is 2. The van der Waals surface area contributed by atoms with Crippen molar-refractivity contribution in [1.29, 1.82) is 0 Å². The van der Waals surface area contributed by atoms with Gasteiger partial charge in [-0.2, -0.15) is 0 Å². The van der Waals surface area contributed by atoms with Gasteiger partial charge in [-0.15, -0.1) is 0 Å². The Labute approximate surface area is 86.8 Å². The van der Waals surface area contributed by atoms with Crippen LogP contribution in [0, 0.1) is 0 Å². The van der Waals surface area contributed by atoms with Crippen molar-refractivity contribution in [2.75, 3.05) is 0 Å². The van der Waals surface area contributed by atoms with Crippen molar-refractivity contribution in [1.82, 2.24) is 9.97 Å². The molecule has 2 heterocycles. The molecule has 0 spiro atoms. The summed E-state index contributed by atoms with van der Waals surface area (Å²) in [5.41, 5.74) is 6.96. The molecule has 2 N–H and O–H groups in total. The Bertz CT molecular complexity index is 482. The smallest absolute Gasteiger partial charge is 0.267 e. The van der Waals surface area contributed by atoms with Gasteiger partial charge >= 0.3 is 0 Å². The van der Waals surface area contributed by atoms with E-state index in [1.165, 1.54) is 0 Å². The molecule has 0 saturated heterocycles. The third-order valence-corrected chi connectivity index (χ3v) is 1.96. The molecule has 0 saturated carbocycles. The highest BCUT2D eigenvalue weighted by Gasteiger charge is 2.04. The molecule has 0 aromatic carbocycles. The summed E-state index contributed by atoms with van der Waals surface area (Å²) in [6.07, 6.45) is 3.37. The van der Waals surface area contributed by atoms with Gasteiger partial charge in [-0.3, -0.25) is 9.78 Å². The molecule has 1 amide bonds. The first-order chi connectivity index (χ1) is 7.27. The van der Waals surface area contributed by atoms with Crippen molar-refractivity contribution >= 4 is 5.91 Å². The SMILES string of the molecule is NC(=O)c1cccc(-c2cccnc2)n1. The second kappa shape index (κ2) is 3.88. The van der Waals surface area contributed by atoms with Crippen LogP contribution in [-0.4, -0.2) is 15.9 Å². The second-order valence-corrected chi connectivity index (χ2v) is 3.01. The molecule has 0 aliphatic carbocycles. The lowest BCUT2D eigenvalue weighted by molar-refractivity contribution is 0.0995.